The van der Waals surface area contributed by atoms with Gasteiger partial charge in [0.2, 0.25) is 0 Å². The topological polar surface area (TPSA) is 75.7 Å². The normalized spacial score (nSPS) is 19.1. The van der Waals surface area contributed by atoms with Crippen LogP contribution in [0.25, 0.3) is 0 Å². The van der Waals surface area contributed by atoms with Crippen LogP contribution in [0.15, 0.2) is 48.5 Å². The summed E-state index contributed by atoms with van der Waals surface area (Å²) in [6, 6.07) is 9.62. The summed E-state index contributed by atoms with van der Waals surface area (Å²) in [5, 5.41) is 2.48. The lowest BCUT2D eigenvalue weighted by Crippen LogP contribution is -2.41. The number of urea groups is 1. The van der Waals surface area contributed by atoms with E-state index in [1.165, 1.54) is 49.4 Å². The molecule has 0 saturated carbocycles. The molecule has 1 saturated heterocycles. The number of ether oxygens (including phenoxy) is 1. The van der Waals surface area contributed by atoms with E-state index in [-0.39, 0.29) is 11.3 Å². The fraction of sp³-hybridized carbons (Fsp3) is 0.211. The van der Waals surface area contributed by atoms with Crippen molar-refractivity contribution in [3.63, 3.8) is 0 Å². The van der Waals surface area contributed by atoms with Gasteiger partial charge in [0.1, 0.15) is 17.1 Å². The third-order valence-electron chi connectivity index (χ3n) is 4.41. The number of alkyl halides is 2. The van der Waals surface area contributed by atoms with Crippen LogP contribution in [0.1, 0.15) is 22.8 Å². The number of Topliss-reactive ketones (excluding diaryl/α,β-unsaturated/α-hetero) is 1. The van der Waals surface area contributed by atoms with Crippen molar-refractivity contribution in [2.75, 3.05) is 6.54 Å². The molecule has 146 valence electrons. The molecule has 0 aromatic heterocycles. The molecule has 0 aliphatic carbocycles. The Kier molecular flexibility index (Phi) is 5.08. The van der Waals surface area contributed by atoms with E-state index < -0.39 is 42.2 Å². The fourth-order valence-corrected chi connectivity index (χ4v) is 2.92. The molecular formula is C19H15F3N2O4. The van der Waals surface area contributed by atoms with Gasteiger partial charge in [-0.15, -0.1) is 0 Å². The van der Waals surface area contributed by atoms with Crippen LogP contribution in [0.3, 0.4) is 0 Å². The van der Waals surface area contributed by atoms with E-state index in [0.29, 0.717) is 10.5 Å². The van der Waals surface area contributed by atoms with Crippen molar-refractivity contribution in [2.45, 2.75) is 19.1 Å². The van der Waals surface area contributed by atoms with Crippen LogP contribution >= 0.6 is 0 Å². The van der Waals surface area contributed by atoms with E-state index in [2.05, 4.69) is 10.1 Å². The van der Waals surface area contributed by atoms with Crippen LogP contribution in [0.2, 0.25) is 0 Å². The Hall–Kier alpha value is -3.36. The summed E-state index contributed by atoms with van der Waals surface area (Å²) in [4.78, 5) is 38.1. The molecule has 0 radical (unpaired) electrons. The Labute approximate surface area is 157 Å². The maximum atomic E-state index is 13.8. The van der Waals surface area contributed by atoms with Gasteiger partial charge in [-0.25, -0.2) is 9.18 Å². The highest BCUT2D eigenvalue weighted by Gasteiger charge is 2.49. The molecule has 1 aliphatic heterocycles. The van der Waals surface area contributed by atoms with Crippen LogP contribution in [0.4, 0.5) is 18.0 Å². The van der Waals surface area contributed by atoms with E-state index in [4.69, 9.17) is 0 Å². The molecule has 1 aliphatic rings. The van der Waals surface area contributed by atoms with Gasteiger partial charge in [-0.3, -0.25) is 14.5 Å². The van der Waals surface area contributed by atoms with Gasteiger partial charge in [-0.2, -0.15) is 8.78 Å². The van der Waals surface area contributed by atoms with Gasteiger partial charge >= 0.3 is 12.6 Å². The summed E-state index contributed by atoms with van der Waals surface area (Å²) < 4.78 is 42.5. The number of imide groups is 1. The highest BCUT2D eigenvalue weighted by molar-refractivity contribution is 6.11. The first-order valence-electron chi connectivity index (χ1n) is 8.19. The zero-order valence-corrected chi connectivity index (χ0v) is 14.6. The van der Waals surface area contributed by atoms with E-state index in [9.17, 15) is 27.6 Å². The molecule has 6 nitrogen and oxygen atoms in total. The van der Waals surface area contributed by atoms with Gasteiger partial charge in [0.05, 0.1) is 12.1 Å². The van der Waals surface area contributed by atoms with Crippen molar-refractivity contribution in [3.8, 4) is 5.75 Å². The number of ketones is 1. The van der Waals surface area contributed by atoms with Crippen molar-refractivity contribution in [1.82, 2.24) is 10.2 Å². The Balaban J connectivity index is 1.80. The minimum atomic E-state index is -2.99. The van der Waals surface area contributed by atoms with Gasteiger partial charge in [0.25, 0.3) is 5.91 Å². The lowest BCUT2D eigenvalue weighted by atomic mass is 9.92. The summed E-state index contributed by atoms with van der Waals surface area (Å²) in [6.45, 7) is -2.20. The first kappa shape index (κ1) is 19.4. The number of benzene rings is 2. The van der Waals surface area contributed by atoms with Gasteiger partial charge in [0, 0.05) is 0 Å². The number of carbonyl (C=O) groups is 3. The second kappa shape index (κ2) is 7.34. The summed E-state index contributed by atoms with van der Waals surface area (Å²) in [5.74, 6) is -2.31. The maximum Gasteiger partial charge on any atom is 0.387 e. The SMILES string of the molecule is CC1(c2ccc(OC(F)F)cc2)NC(=O)N(CC(=O)c2ccccc2F)C1=O. The lowest BCUT2D eigenvalue weighted by molar-refractivity contribution is -0.130. The molecule has 1 heterocycles. The summed E-state index contributed by atoms with van der Waals surface area (Å²) in [5.41, 5.74) is -1.42. The predicted molar refractivity (Wildman–Crippen MR) is 91.4 cm³/mol. The second-order valence-electron chi connectivity index (χ2n) is 6.25. The molecule has 2 aromatic rings. The van der Waals surface area contributed by atoms with E-state index in [0.717, 1.165) is 6.07 Å². The first-order valence-corrected chi connectivity index (χ1v) is 8.19. The number of hydrogen-bond donors (Lipinski definition) is 1. The smallest absolute Gasteiger partial charge is 0.387 e. The Morgan fingerprint density at radius 3 is 2.39 bits per heavy atom. The standard InChI is InChI=1S/C19H15F3N2O4/c1-19(11-6-8-12(9-7-11)28-17(21)22)16(26)24(18(27)23-19)10-15(25)13-4-2-3-5-14(13)20/h2-9,17H,10H2,1H3,(H,23,27). The maximum absolute atomic E-state index is 13.8. The monoisotopic (exact) mass is 392 g/mol. The molecule has 2 aromatic carbocycles. The molecule has 1 unspecified atom stereocenters. The van der Waals surface area contributed by atoms with Crippen LogP contribution in [0, 0.1) is 5.82 Å². The van der Waals surface area contributed by atoms with Crippen LogP contribution in [-0.2, 0) is 10.3 Å². The van der Waals surface area contributed by atoms with Gasteiger partial charge in [-0.05, 0) is 36.8 Å². The Morgan fingerprint density at radius 2 is 1.79 bits per heavy atom. The van der Waals surface area contributed by atoms with Crippen molar-refractivity contribution < 1.29 is 32.3 Å². The average molecular weight is 392 g/mol. The number of rotatable bonds is 6. The first-order chi connectivity index (χ1) is 13.2. The molecule has 0 spiro atoms. The number of carbonyl (C=O) groups excluding carboxylic acids is 3. The van der Waals surface area contributed by atoms with Gasteiger partial charge in [-0.1, -0.05) is 24.3 Å². The zero-order chi connectivity index (χ0) is 20.5. The predicted octanol–water partition coefficient (Wildman–Crippen LogP) is 3.08. The summed E-state index contributed by atoms with van der Waals surface area (Å²) in [7, 11) is 0. The van der Waals surface area contributed by atoms with E-state index in [1.807, 2.05) is 0 Å². The summed E-state index contributed by atoms with van der Waals surface area (Å²) in [6.07, 6.45) is 0. The quantitative estimate of drug-likeness (QED) is 0.606. The largest absolute Gasteiger partial charge is 0.435 e. The second-order valence-corrected chi connectivity index (χ2v) is 6.25. The van der Waals surface area contributed by atoms with Crippen LogP contribution < -0.4 is 10.1 Å². The van der Waals surface area contributed by atoms with Crippen LogP contribution in [0.5, 0.6) is 5.75 Å². The third-order valence-corrected chi connectivity index (χ3v) is 4.41. The van der Waals surface area contributed by atoms with Crippen molar-refractivity contribution >= 4 is 17.7 Å². The van der Waals surface area contributed by atoms with Crippen molar-refractivity contribution in [2.24, 2.45) is 0 Å². The minimum absolute atomic E-state index is 0.106. The number of nitrogens with one attached hydrogen (secondary N) is 1. The number of nitrogens with zero attached hydrogens (tertiary/aromatic N) is 1. The molecule has 28 heavy (non-hydrogen) atoms. The van der Waals surface area contributed by atoms with E-state index in [1.54, 1.807) is 0 Å². The Morgan fingerprint density at radius 1 is 1.14 bits per heavy atom. The fourth-order valence-electron chi connectivity index (χ4n) is 2.92. The zero-order valence-electron chi connectivity index (χ0n) is 14.6. The van der Waals surface area contributed by atoms with Gasteiger partial charge < -0.3 is 10.1 Å². The Bertz CT molecular complexity index is 933. The van der Waals surface area contributed by atoms with Crippen LogP contribution in [-0.4, -0.2) is 35.8 Å². The number of hydrogen-bond acceptors (Lipinski definition) is 4. The molecule has 1 N–H and O–H groups in total. The third kappa shape index (κ3) is 3.55. The molecule has 0 bridgehead atoms. The molecular weight excluding hydrogens is 377 g/mol. The van der Waals surface area contributed by atoms with Crippen molar-refractivity contribution in [1.29, 1.82) is 0 Å². The molecule has 1 atom stereocenters. The van der Waals surface area contributed by atoms with E-state index >= 15 is 0 Å². The van der Waals surface area contributed by atoms with Crippen molar-refractivity contribution in [3.05, 3.63) is 65.5 Å². The minimum Gasteiger partial charge on any atom is -0.435 e. The highest BCUT2D eigenvalue weighted by atomic mass is 19.3. The number of halogens is 3. The number of amides is 3. The lowest BCUT2D eigenvalue weighted by Gasteiger charge is -2.22. The molecule has 9 heteroatoms. The molecule has 1 fully saturated rings. The average Bonchev–Trinajstić information content (AvgIpc) is 2.86. The summed E-state index contributed by atoms with van der Waals surface area (Å²) >= 11 is 0. The van der Waals surface area contributed by atoms with Gasteiger partial charge in [0.15, 0.2) is 5.78 Å². The highest BCUT2D eigenvalue weighted by Crippen LogP contribution is 2.30. The molecule has 3 rings (SSSR count). The molecule has 3 amide bonds.